The molecule has 0 radical (unpaired) electrons. The summed E-state index contributed by atoms with van der Waals surface area (Å²) in [6, 6.07) is 9.88. The first kappa shape index (κ1) is 11.6. The van der Waals surface area contributed by atoms with Gasteiger partial charge in [0.05, 0.1) is 18.2 Å². The number of amides is 1. The average Bonchev–Trinajstić information content (AvgIpc) is 3.13. The molecule has 1 aromatic carbocycles. The molecule has 88 valence electrons. The fraction of sp³-hybridized carbons (Fsp3) is 0.385. The highest BCUT2D eigenvalue weighted by molar-refractivity contribution is 5.78. The van der Waals surface area contributed by atoms with Gasteiger partial charge < -0.3 is 10.6 Å². The fourth-order valence-electron chi connectivity index (χ4n) is 1.58. The molecule has 17 heavy (non-hydrogen) atoms. The van der Waals surface area contributed by atoms with Crippen molar-refractivity contribution >= 4 is 5.91 Å². The third-order valence-corrected chi connectivity index (χ3v) is 2.61. The summed E-state index contributed by atoms with van der Waals surface area (Å²) in [7, 11) is 0. The van der Waals surface area contributed by atoms with Gasteiger partial charge in [-0.1, -0.05) is 12.1 Å². The number of hydrogen-bond acceptors (Lipinski definition) is 3. The SMILES string of the molecule is N#Cc1cccc(CNCC(=O)NC2CC2)c1. The third kappa shape index (κ3) is 3.89. The summed E-state index contributed by atoms with van der Waals surface area (Å²) in [5.74, 6) is 0.0453. The number of carbonyl (C=O) groups is 1. The number of nitrogens with zero attached hydrogens (tertiary/aromatic N) is 1. The smallest absolute Gasteiger partial charge is 0.234 e. The molecular formula is C13H15N3O. The van der Waals surface area contributed by atoms with Gasteiger partial charge in [-0.25, -0.2) is 0 Å². The monoisotopic (exact) mass is 229 g/mol. The quantitative estimate of drug-likeness (QED) is 0.789. The summed E-state index contributed by atoms with van der Waals surface area (Å²) in [6.45, 7) is 0.931. The summed E-state index contributed by atoms with van der Waals surface area (Å²) in [6.07, 6.45) is 2.21. The minimum atomic E-state index is 0.0453. The lowest BCUT2D eigenvalue weighted by atomic mass is 10.1. The Bertz CT molecular complexity index is 446. The molecular weight excluding hydrogens is 214 g/mol. The Balaban J connectivity index is 1.73. The van der Waals surface area contributed by atoms with E-state index in [4.69, 9.17) is 5.26 Å². The molecule has 2 rings (SSSR count). The summed E-state index contributed by atoms with van der Waals surface area (Å²) in [4.78, 5) is 11.4. The van der Waals surface area contributed by atoms with Crippen molar-refractivity contribution in [1.82, 2.24) is 10.6 Å². The van der Waals surface area contributed by atoms with Crippen molar-refractivity contribution in [2.24, 2.45) is 0 Å². The molecule has 0 aliphatic heterocycles. The predicted molar refractivity (Wildman–Crippen MR) is 64.0 cm³/mol. The maximum Gasteiger partial charge on any atom is 0.234 e. The molecule has 0 aromatic heterocycles. The molecule has 0 unspecified atom stereocenters. The lowest BCUT2D eigenvalue weighted by Gasteiger charge is -2.05. The normalized spacial score (nSPS) is 14.1. The van der Waals surface area contributed by atoms with Gasteiger partial charge in [-0.3, -0.25) is 4.79 Å². The largest absolute Gasteiger partial charge is 0.352 e. The second kappa shape index (κ2) is 5.46. The summed E-state index contributed by atoms with van der Waals surface area (Å²) >= 11 is 0. The van der Waals surface area contributed by atoms with Crippen molar-refractivity contribution in [3.05, 3.63) is 35.4 Å². The zero-order chi connectivity index (χ0) is 12.1. The molecule has 0 bridgehead atoms. The molecule has 0 atom stereocenters. The standard InChI is InChI=1S/C13H15N3O/c14-7-10-2-1-3-11(6-10)8-15-9-13(17)16-12-4-5-12/h1-3,6,12,15H,4-5,8-9H2,(H,16,17). The van der Waals surface area contributed by atoms with Crippen molar-refractivity contribution in [3.63, 3.8) is 0 Å². The van der Waals surface area contributed by atoms with E-state index in [9.17, 15) is 4.79 Å². The summed E-state index contributed by atoms with van der Waals surface area (Å²) in [5.41, 5.74) is 1.66. The Morgan fingerprint density at radius 1 is 1.47 bits per heavy atom. The molecule has 1 fully saturated rings. The highest BCUT2D eigenvalue weighted by Gasteiger charge is 2.22. The molecule has 4 nitrogen and oxygen atoms in total. The van der Waals surface area contributed by atoms with Gasteiger partial charge in [0, 0.05) is 12.6 Å². The van der Waals surface area contributed by atoms with E-state index in [0.29, 0.717) is 24.7 Å². The lowest BCUT2D eigenvalue weighted by Crippen LogP contribution is -2.34. The topological polar surface area (TPSA) is 64.9 Å². The molecule has 1 aliphatic rings. The van der Waals surface area contributed by atoms with E-state index in [-0.39, 0.29) is 5.91 Å². The predicted octanol–water partition coefficient (Wildman–Crippen LogP) is 0.926. The minimum absolute atomic E-state index is 0.0453. The number of nitriles is 1. The first-order valence-electron chi connectivity index (χ1n) is 5.77. The van der Waals surface area contributed by atoms with Crippen LogP contribution in [0.25, 0.3) is 0 Å². The lowest BCUT2D eigenvalue weighted by molar-refractivity contribution is -0.120. The van der Waals surface area contributed by atoms with Crippen LogP contribution in [0, 0.1) is 11.3 Å². The van der Waals surface area contributed by atoms with E-state index < -0.39 is 0 Å². The van der Waals surface area contributed by atoms with Crippen LogP contribution < -0.4 is 10.6 Å². The maximum atomic E-state index is 11.4. The van der Waals surface area contributed by atoms with Crippen LogP contribution in [-0.2, 0) is 11.3 Å². The van der Waals surface area contributed by atoms with Crippen molar-refractivity contribution < 1.29 is 4.79 Å². The second-order valence-electron chi connectivity index (χ2n) is 4.26. The number of rotatable bonds is 5. The Labute approximate surface area is 101 Å². The van der Waals surface area contributed by atoms with Crippen molar-refractivity contribution in [1.29, 1.82) is 5.26 Å². The van der Waals surface area contributed by atoms with Crippen molar-refractivity contribution in [2.45, 2.75) is 25.4 Å². The molecule has 0 spiro atoms. The van der Waals surface area contributed by atoms with E-state index >= 15 is 0 Å². The van der Waals surface area contributed by atoms with E-state index in [2.05, 4.69) is 16.7 Å². The molecule has 0 saturated heterocycles. The van der Waals surface area contributed by atoms with Crippen LogP contribution in [-0.4, -0.2) is 18.5 Å². The minimum Gasteiger partial charge on any atom is -0.352 e. The number of benzene rings is 1. The molecule has 2 N–H and O–H groups in total. The fourth-order valence-corrected chi connectivity index (χ4v) is 1.58. The van der Waals surface area contributed by atoms with E-state index in [1.807, 2.05) is 18.2 Å². The van der Waals surface area contributed by atoms with Gasteiger partial charge in [-0.05, 0) is 30.5 Å². The Kier molecular flexibility index (Phi) is 3.73. The third-order valence-electron chi connectivity index (χ3n) is 2.61. The zero-order valence-corrected chi connectivity index (χ0v) is 9.57. The first-order chi connectivity index (χ1) is 8.28. The van der Waals surface area contributed by atoms with Gasteiger partial charge in [-0.2, -0.15) is 5.26 Å². The molecule has 1 saturated carbocycles. The first-order valence-corrected chi connectivity index (χ1v) is 5.77. The highest BCUT2D eigenvalue weighted by Crippen LogP contribution is 2.18. The number of carbonyl (C=O) groups excluding carboxylic acids is 1. The number of hydrogen-bond donors (Lipinski definition) is 2. The van der Waals surface area contributed by atoms with Gasteiger partial charge in [-0.15, -0.1) is 0 Å². The zero-order valence-electron chi connectivity index (χ0n) is 9.57. The van der Waals surface area contributed by atoms with Crippen LogP contribution >= 0.6 is 0 Å². The Morgan fingerprint density at radius 3 is 3.00 bits per heavy atom. The molecule has 1 aliphatic carbocycles. The maximum absolute atomic E-state index is 11.4. The van der Waals surface area contributed by atoms with Crippen LogP contribution in [0.2, 0.25) is 0 Å². The molecule has 0 heterocycles. The molecule has 4 heteroatoms. The van der Waals surface area contributed by atoms with E-state index in [1.54, 1.807) is 6.07 Å². The van der Waals surface area contributed by atoms with Crippen LogP contribution in [0.15, 0.2) is 24.3 Å². The Hall–Kier alpha value is -1.86. The molecule has 1 aromatic rings. The van der Waals surface area contributed by atoms with E-state index in [0.717, 1.165) is 18.4 Å². The van der Waals surface area contributed by atoms with Gasteiger partial charge in [0.1, 0.15) is 0 Å². The average molecular weight is 229 g/mol. The van der Waals surface area contributed by atoms with Gasteiger partial charge >= 0.3 is 0 Å². The second-order valence-corrected chi connectivity index (χ2v) is 4.26. The van der Waals surface area contributed by atoms with Crippen molar-refractivity contribution in [2.75, 3.05) is 6.54 Å². The van der Waals surface area contributed by atoms with Gasteiger partial charge in [0.25, 0.3) is 0 Å². The van der Waals surface area contributed by atoms with Crippen LogP contribution in [0.1, 0.15) is 24.0 Å². The van der Waals surface area contributed by atoms with Crippen LogP contribution in [0.3, 0.4) is 0 Å². The Morgan fingerprint density at radius 2 is 2.29 bits per heavy atom. The van der Waals surface area contributed by atoms with E-state index in [1.165, 1.54) is 0 Å². The van der Waals surface area contributed by atoms with Gasteiger partial charge in [0.2, 0.25) is 5.91 Å². The van der Waals surface area contributed by atoms with Crippen LogP contribution in [0.4, 0.5) is 0 Å². The van der Waals surface area contributed by atoms with Crippen molar-refractivity contribution in [3.8, 4) is 6.07 Å². The summed E-state index contributed by atoms with van der Waals surface area (Å²) in [5, 5.41) is 14.7. The molecule has 1 amide bonds. The number of nitrogens with one attached hydrogen (secondary N) is 2. The summed E-state index contributed by atoms with van der Waals surface area (Å²) < 4.78 is 0. The highest BCUT2D eigenvalue weighted by atomic mass is 16.2. The van der Waals surface area contributed by atoms with Crippen LogP contribution in [0.5, 0.6) is 0 Å². The van der Waals surface area contributed by atoms with Gasteiger partial charge in [0.15, 0.2) is 0 Å².